The molecule has 68 valence electrons. The summed E-state index contributed by atoms with van der Waals surface area (Å²) < 4.78 is 0. The van der Waals surface area contributed by atoms with Gasteiger partial charge in [-0.2, -0.15) is 0 Å². The lowest BCUT2D eigenvalue weighted by Crippen LogP contribution is -1.95. The summed E-state index contributed by atoms with van der Waals surface area (Å²) in [6.45, 7) is 7.32. The predicted octanol–water partition coefficient (Wildman–Crippen LogP) is 2.09. The van der Waals surface area contributed by atoms with E-state index in [4.69, 9.17) is 0 Å². The van der Waals surface area contributed by atoms with Crippen molar-refractivity contribution >= 4 is 5.57 Å². The van der Waals surface area contributed by atoms with Crippen molar-refractivity contribution in [3.05, 3.63) is 46.1 Å². The van der Waals surface area contributed by atoms with E-state index >= 15 is 0 Å². The molecule has 1 rings (SSSR count). The van der Waals surface area contributed by atoms with Crippen LogP contribution in [0.1, 0.15) is 18.1 Å². The molecule has 2 heteroatoms. The smallest absolute Gasteiger partial charge is 0.220 e. The van der Waals surface area contributed by atoms with Crippen LogP contribution in [0.5, 0.6) is 5.75 Å². The van der Waals surface area contributed by atoms with Crippen molar-refractivity contribution < 1.29 is 5.11 Å². The maximum Gasteiger partial charge on any atom is 0.220 e. The molecule has 0 saturated carbocycles. The minimum absolute atomic E-state index is 0.222. The monoisotopic (exact) mass is 176 g/mol. The van der Waals surface area contributed by atoms with Crippen LogP contribution in [0.2, 0.25) is 0 Å². The molecule has 1 aromatic rings. The summed E-state index contributed by atoms with van der Waals surface area (Å²) in [5.41, 5.74) is 1.77. The first-order chi connectivity index (χ1) is 6.02. The largest absolute Gasteiger partial charge is 0.504 e. The second-order valence-electron chi connectivity index (χ2n) is 3.13. The van der Waals surface area contributed by atoms with E-state index in [2.05, 4.69) is 6.58 Å². The quantitative estimate of drug-likeness (QED) is 0.711. The third-order valence-corrected chi connectivity index (χ3v) is 1.82. The highest BCUT2D eigenvalue weighted by atomic mass is 16.3. The molecule has 0 aliphatic rings. The number of hydrogen-bond donors (Lipinski definition) is 1. The molecule has 0 amide bonds. The summed E-state index contributed by atoms with van der Waals surface area (Å²) in [5.74, 6) is -0.222. The van der Waals surface area contributed by atoms with Crippen molar-refractivity contribution in [3.63, 3.8) is 0 Å². The molecular formula is C11H12O2. The molecule has 0 bridgehead atoms. The zero-order valence-corrected chi connectivity index (χ0v) is 7.79. The van der Waals surface area contributed by atoms with E-state index in [0.717, 1.165) is 5.56 Å². The van der Waals surface area contributed by atoms with Crippen LogP contribution in [-0.4, -0.2) is 5.11 Å². The Bertz CT molecular complexity index is 405. The van der Waals surface area contributed by atoms with E-state index in [1.807, 2.05) is 6.92 Å². The molecule has 0 aliphatic heterocycles. The van der Waals surface area contributed by atoms with E-state index < -0.39 is 0 Å². The molecule has 0 unspecified atom stereocenters. The summed E-state index contributed by atoms with van der Waals surface area (Å²) in [4.78, 5) is 11.2. The third-order valence-electron chi connectivity index (χ3n) is 1.82. The van der Waals surface area contributed by atoms with E-state index in [1.54, 1.807) is 19.1 Å². The van der Waals surface area contributed by atoms with E-state index in [0.29, 0.717) is 11.1 Å². The van der Waals surface area contributed by atoms with Crippen molar-refractivity contribution in [2.24, 2.45) is 0 Å². The predicted molar refractivity (Wildman–Crippen MR) is 53.8 cm³/mol. The van der Waals surface area contributed by atoms with Gasteiger partial charge in [-0.3, -0.25) is 4.79 Å². The fourth-order valence-corrected chi connectivity index (χ4v) is 1.09. The molecule has 0 saturated heterocycles. The van der Waals surface area contributed by atoms with Gasteiger partial charge in [0.15, 0.2) is 5.75 Å². The zero-order chi connectivity index (χ0) is 10.0. The van der Waals surface area contributed by atoms with Gasteiger partial charge in [0, 0.05) is 5.56 Å². The molecule has 0 aromatic heterocycles. The third kappa shape index (κ3) is 1.96. The van der Waals surface area contributed by atoms with Crippen molar-refractivity contribution in [1.82, 2.24) is 0 Å². The fraction of sp³-hybridized carbons (Fsp3) is 0.182. The summed E-state index contributed by atoms with van der Waals surface area (Å²) in [6.07, 6.45) is 0. The number of aryl methyl sites for hydroxylation is 1. The molecule has 0 heterocycles. The molecule has 1 N–H and O–H groups in total. The Labute approximate surface area is 77.2 Å². The zero-order valence-electron chi connectivity index (χ0n) is 7.79. The van der Waals surface area contributed by atoms with Gasteiger partial charge in [-0.05, 0) is 31.6 Å². The molecule has 13 heavy (non-hydrogen) atoms. The number of hydrogen-bond acceptors (Lipinski definition) is 2. The van der Waals surface area contributed by atoms with Gasteiger partial charge < -0.3 is 5.11 Å². The van der Waals surface area contributed by atoms with Gasteiger partial charge in [0.25, 0.3) is 0 Å². The lowest BCUT2D eigenvalue weighted by Gasteiger charge is -1.97. The Morgan fingerprint density at radius 1 is 1.46 bits per heavy atom. The first-order valence-electron chi connectivity index (χ1n) is 4.02. The van der Waals surface area contributed by atoms with Crippen LogP contribution in [0, 0.1) is 6.92 Å². The SMILES string of the molecule is C=C(C)c1cc(C)ccc(=O)c1O. The van der Waals surface area contributed by atoms with Gasteiger partial charge in [-0.1, -0.05) is 18.2 Å². The number of aromatic hydroxyl groups is 1. The average Bonchev–Trinajstić information content (AvgIpc) is 2.18. The minimum atomic E-state index is -0.369. The lowest BCUT2D eigenvalue weighted by molar-refractivity contribution is 0.469. The van der Waals surface area contributed by atoms with Crippen LogP contribution in [0.25, 0.3) is 5.57 Å². The Morgan fingerprint density at radius 2 is 2.08 bits per heavy atom. The molecule has 0 spiro atoms. The lowest BCUT2D eigenvalue weighted by atomic mass is 10.1. The second-order valence-corrected chi connectivity index (χ2v) is 3.13. The van der Waals surface area contributed by atoms with Crippen molar-refractivity contribution in [2.45, 2.75) is 13.8 Å². The standard InChI is InChI=1S/C11H12O2/c1-7(2)9-6-8(3)4-5-10(12)11(9)13/h4-6H,1H2,2-3H3,(H,12,13). The van der Waals surface area contributed by atoms with Gasteiger partial charge in [0.1, 0.15) is 0 Å². The van der Waals surface area contributed by atoms with Gasteiger partial charge >= 0.3 is 0 Å². The van der Waals surface area contributed by atoms with Crippen LogP contribution in [0.15, 0.2) is 29.6 Å². The summed E-state index contributed by atoms with van der Waals surface area (Å²) in [7, 11) is 0. The van der Waals surface area contributed by atoms with E-state index in [1.165, 1.54) is 6.07 Å². The Kier molecular flexibility index (Phi) is 2.52. The molecule has 0 aliphatic carbocycles. The minimum Gasteiger partial charge on any atom is -0.504 e. The average molecular weight is 176 g/mol. The van der Waals surface area contributed by atoms with E-state index in [9.17, 15) is 9.90 Å². The van der Waals surface area contributed by atoms with Crippen molar-refractivity contribution in [3.8, 4) is 5.75 Å². The van der Waals surface area contributed by atoms with E-state index in [-0.39, 0.29) is 11.2 Å². The molecule has 0 radical (unpaired) electrons. The van der Waals surface area contributed by atoms with Crippen molar-refractivity contribution in [1.29, 1.82) is 0 Å². The normalized spacial score (nSPS) is 9.69. The number of rotatable bonds is 1. The molecule has 0 fully saturated rings. The highest BCUT2D eigenvalue weighted by Gasteiger charge is 2.03. The fourth-order valence-electron chi connectivity index (χ4n) is 1.09. The Hall–Kier alpha value is -1.57. The summed E-state index contributed by atoms with van der Waals surface area (Å²) >= 11 is 0. The first-order valence-corrected chi connectivity index (χ1v) is 4.02. The Morgan fingerprint density at radius 3 is 2.62 bits per heavy atom. The van der Waals surface area contributed by atoms with Crippen LogP contribution >= 0.6 is 0 Å². The highest BCUT2D eigenvalue weighted by molar-refractivity contribution is 5.66. The first kappa shape index (κ1) is 9.52. The van der Waals surface area contributed by atoms with Crippen LogP contribution < -0.4 is 5.43 Å². The Balaban J connectivity index is 3.62. The topological polar surface area (TPSA) is 37.3 Å². The maximum atomic E-state index is 11.2. The molecule has 0 atom stereocenters. The van der Waals surface area contributed by atoms with Crippen LogP contribution in [-0.2, 0) is 0 Å². The summed E-state index contributed by atoms with van der Waals surface area (Å²) in [5, 5.41) is 9.48. The molecular weight excluding hydrogens is 164 g/mol. The van der Waals surface area contributed by atoms with Crippen molar-refractivity contribution in [2.75, 3.05) is 0 Å². The summed E-state index contributed by atoms with van der Waals surface area (Å²) in [6, 6.07) is 4.78. The molecule has 1 aromatic carbocycles. The van der Waals surface area contributed by atoms with Gasteiger partial charge in [0.05, 0.1) is 0 Å². The maximum absolute atomic E-state index is 11.2. The second kappa shape index (κ2) is 3.44. The van der Waals surface area contributed by atoms with Gasteiger partial charge in [0.2, 0.25) is 5.43 Å². The molecule has 2 nitrogen and oxygen atoms in total. The number of allylic oxidation sites excluding steroid dienone is 1. The van der Waals surface area contributed by atoms with Gasteiger partial charge in [-0.15, -0.1) is 0 Å². The highest BCUT2D eigenvalue weighted by Crippen LogP contribution is 2.19. The van der Waals surface area contributed by atoms with Crippen LogP contribution in [0.3, 0.4) is 0 Å². The van der Waals surface area contributed by atoms with Crippen LogP contribution in [0.4, 0.5) is 0 Å². The van der Waals surface area contributed by atoms with Gasteiger partial charge in [-0.25, -0.2) is 0 Å².